The molecule has 63 heavy (non-hydrogen) atoms. The maximum atomic E-state index is 14.9. The maximum Gasteiger partial charge on any atom is 0.417 e. The number of carbonyl (C=O) groups excluding carboxylic acids is 3. The van der Waals surface area contributed by atoms with Crippen molar-refractivity contribution in [2.24, 2.45) is 0 Å². The average molecular weight is 890 g/mol. The number of nitrogens with one attached hydrogen (secondary N) is 3. The zero-order valence-electron chi connectivity index (χ0n) is 34.0. The Labute approximate surface area is 359 Å². The van der Waals surface area contributed by atoms with Crippen molar-refractivity contribution in [2.75, 3.05) is 49.1 Å². The first kappa shape index (κ1) is 45.9. The summed E-state index contributed by atoms with van der Waals surface area (Å²) in [5, 5.41) is 32.8. The minimum atomic E-state index is -4.89. The Morgan fingerprint density at radius 3 is 2.24 bits per heavy atom. The minimum Gasteiger partial charge on any atom is -0.385 e. The molecule has 4 N–H and O–H groups in total. The van der Waals surface area contributed by atoms with Gasteiger partial charge in [0, 0.05) is 62.3 Å². The summed E-state index contributed by atoms with van der Waals surface area (Å²) in [4.78, 5) is 54.3. The Morgan fingerprint density at radius 1 is 0.889 bits per heavy atom. The molecule has 1 aromatic heterocycles. The topological polar surface area (TPSA) is 206 Å². The third-order valence-corrected chi connectivity index (χ3v) is 12.5. The highest BCUT2D eigenvalue weighted by molar-refractivity contribution is 7.91. The number of amides is 3. The van der Waals surface area contributed by atoms with Gasteiger partial charge in [0.25, 0.3) is 17.4 Å². The van der Waals surface area contributed by atoms with Gasteiger partial charge in [-0.2, -0.15) is 23.5 Å². The number of unbranched alkanes of at least 4 members (excludes halogenated alkanes) is 2. The lowest BCUT2D eigenvalue weighted by Gasteiger charge is -2.35. The predicted octanol–water partition coefficient (Wildman–Crippen LogP) is 5.66. The number of piperazine rings is 1. The van der Waals surface area contributed by atoms with Crippen LogP contribution in [0, 0.1) is 17.1 Å². The SMILES string of the molecule is CC(O)(CS(=O)(=O)c1ccc(NCCCCCC(=O)N2CCN(C(=O)c3cc(Cc4n[nH]c(=O)c5ccccc45)ccc3F)CC2)cc1)C(=O)Nc1ccc(C#N)c(C(F)(F)F)c1. The van der Waals surface area contributed by atoms with Crippen molar-refractivity contribution in [1.82, 2.24) is 20.0 Å². The highest BCUT2D eigenvalue weighted by Crippen LogP contribution is 2.34. The lowest BCUT2D eigenvalue weighted by molar-refractivity contribution is -0.138. The first-order valence-corrected chi connectivity index (χ1v) is 21.5. The van der Waals surface area contributed by atoms with E-state index in [0.717, 1.165) is 19.1 Å². The quantitative estimate of drug-likeness (QED) is 0.0750. The van der Waals surface area contributed by atoms with Gasteiger partial charge in [-0.05, 0) is 86.0 Å². The number of carbonyl (C=O) groups is 3. The molecule has 0 spiro atoms. The highest BCUT2D eigenvalue weighted by Gasteiger charge is 2.38. The Hall–Kier alpha value is -6.65. The Bertz CT molecular complexity index is 2730. The zero-order valence-corrected chi connectivity index (χ0v) is 34.8. The molecule has 3 amide bonds. The van der Waals surface area contributed by atoms with Crippen LogP contribution in [0.25, 0.3) is 10.8 Å². The number of fused-ring (bicyclic) bond motifs is 1. The van der Waals surface area contributed by atoms with Crippen LogP contribution < -0.4 is 16.2 Å². The van der Waals surface area contributed by atoms with Gasteiger partial charge in [-0.25, -0.2) is 17.9 Å². The molecule has 14 nitrogen and oxygen atoms in total. The molecule has 6 rings (SSSR count). The van der Waals surface area contributed by atoms with Gasteiger partial charge in [0.05, 0.1) is 44.5 Å². The zero-order chi connectivity index (χ0) is 45.5. The summed E-state index contributed by atoms with van der Waals surface area (Å²) in [6.45, 7) is 2.54. The third-order valence-electron chi connectivity index (χ3n) is 10.6. The van der Waals surface area contributed by atoms with Gasteiger partial charge in [0.2, 0.25) is 5.91 Å². The van der Waals surface area contributed by atoms with E-state index in [9.17, 15) is 50.3 Å². The molecule has 19 heteroatoms. The van der Waals surface area contributed by atoms with Crippen LogP contribution in [0.2, 0.25) is 0 Å². The number of H-pyrrole nitrogens is 1. The number of aromatic amines is 1. The molecule has 1 aliphatic heterocycles. The van der Waals surface area contributed by atoms with Crippen molar-refractivity contribution < 1.29 is 45.5 Å². The largest absolute Gasteiger partial charge is 0.417 e. The summed E-state index contributed by atoms with van der Waals surface area (Å²) in [6.07, 6.45) is -2.32. The summed E-state index contributed by atoms with van der Waals surface area (Å²) in [7, 11) is -4.25. The Morgan fingerprint density at radius 2 is 1.56 bits per heavy atom. The first-order valence-electron chi connectivity index (χ1n) is 19.9. The fraction of sp³-hybridized carbons (Fsp3) is 0.318. The summed E-state index contributed by atoms with van der Waals surface area (Å²) in [6, 6.07) is 20.7. The van der Waals surface area contributed by atoms with E-state index in [2.05, 4.69) is 20.8 Å². The lowest BCUT2D eigenvalue weighted by Crippen LogP contribution is -2.50. The van der Waals surface area contributed by atoms with Crippen LogP contribution in [-0.2, 0) is 32.0 Å². The fourth-order valence-corrected chi connectivity index (χ4v) is 8.75. The van der Waals surface area contributed by atoms with Crippen molar-refractivity contribution in [3.63, 3.8) is 0 Å². The van der Waals surface area contributed by atoms with E-state index >= 15 is 0 Å². The highest BCUT2D eigenvalue weighted by atomic mass is 32.2. The number of hydrogen-bond acceptors (Lipinski definition) is 10. The number of hydrogen-bond donors (Lipinski definition) is 4. The number of nitrogens with zero attached hydrogens (tertiary/aromatic N) is 4. The molecule has 1 fully saturated rings. The van der Waals surface area contributed by atoms with Crippen molar-refractivity contribution in [1.29, 1.82) is 5.26 Å². The Balaban J connectivity index is 0.905. The number of sulfone groups is 1. The molecule has 1 aliphatic rings. The second-order valence-electron chi connectivity index (χ2n) is 15.3. The monoisotopic (exact) mass is 889 g/mol. The van der Waals surface area contributed by atoms with Gasteiger partial charge < -0.3 is 25.5 Å². The van der Waals surface area contributed by atoms with Crippen LogP contribution in [0.4, 0.5) is 28.9 Å². The van der Waals surface area contributed by atoms with Crippen LogP contribution in [-0.4, -0.2) is 95.3 Å². The molecule has 1 unspecified atom stereocenters. The number of rotatable bonds is 15. The number of halogens is 4. The maximum absolute atomic E-state index is 14.9. The van der Waals surface area contributed by atoms with E-state index in [1.165, 1.54) is 47.4 Å². The van der Waals surface area contributed by atoms with Gasteiger partial charge in [-0.1, -0.05) is 30.7 Å². The second kappa shape index (κ2) is 19.2. The molecule has 1 saturated heterocycles. The summed E-state index contributed by atoms with van der Waals surface area (Å²) in [5.41, 5.74) is -3.47. The van der Waals surface area contributed by atoms with Crippen molar-refractivity contribution in [3.8, 4) is 6.07 Å². The fourth-order valence-electron chi connectivity index (χ4n) is 7.16. The third kappa shape index (κ3) is 11.2. The van der Waals surface area contributed by atoms with Gasteiger partial charge >= 0.3 is 6.18 Å². The molecule has 330 valence electrons. The predicted molar refractivity (Wildman–Crippen MR) is 225 cm³/mol. The molecule has 5 aromatic rings. The molecule has 0 saturated carbocycles. The second-order valence-corrected chi connectivity index (χ2v) is 17.3. The van der Waals surface area contributed by atoms with E-state index in [1.54, 1.807) is 35.2 Å². The number of benzene rings is 4. The minimum absolute atomic E-state index is 0.0537. The molecule has 4 aromatic carbocycles. The van der Waals surface area contributed by atoms with E-state index in [-0.39, 0.29) is 47.1 Å². The van der Waals surface area contributed by atoms with Gasteiger partial charge in [0.1, 0.15) is 5.82 Å². The van der Waals surface area contributed by atoms with Gasteiger partial charge in [-0.3, -0.25) is 19.2 Å². The Kier molecular flexibility index (Phi) is 14.0. The average Bonchev–Trinajstić information content (AvgIpc) is 3.25. The van der Waals surface area contributed by atoms with E-state index in [1.807, 2.05) is 0 Å². The van der Waals surface area contributed by atoms with Gasteiger partial charge in [-0.15, -0.1) is 0 Å². The summed E-state index contributed by atoms with van der Waals surface area (Å²) in [5.74, 6) is -3.52. The normalized spacial score (nSPS) is 14.2. The van der Waals surface area contributed by atoms with Gasteiger partial charge in [0.15, 0.2) is 15.4 Å². The molecule has 0 bridgehead atoms. The van der Waals surface area contributed by atoms with Crippen molar-refractivity contribution in [2.45, 2.75) is 55.7 Å². The van der Waals surface area contributed by atoms with Crippen molar-refractivity contribution >= 4 is 49.7 Å². The van der Waals surface area contributed by atoms with E-state index in [4.69, 9.17) is 5.26 Å². The van der Waals surface area contributed by atoms with Crippen LogP contribution in [0.5, 0.6) is 0 Å². The number of anilines is 2. The first-order chi connectivity index (χ1) is 29.9. The lowest BCUT2D eigenvalue weighted by atomic mass is 10.0. The molecular weight excluding hydrogens is 847 g/mol. The molecular formula is C44H43F4N7O7S. The molecule has 1 atom stereocenters. The number of alkyl halides is 3. The van der Waals surface area contributed by atoms with Crippen LogP contribution in [0.1, 0.15) is 65.3 Å². The standard InChI is InChI=1S/C44H43F4N7O7S/c1-43(60,42(59)51-31-12-11-29(26-49)36(25-31)44(46,47)48)27-63(61,62)32-15-13-30(14-16-32)50-18-6-2-3-9-39(56)54-19-21-55(22-20-54)41(58)35-23-28(10-17-37(35)45)24-38-33-7-4-5-8-34(33)40(57)53-52-38/h4-5,7-8,10-17,23,25,50,60H,2-3,6,9,18-22,24,27H2,1H3,(H,51,59)(H,53,57). The molecule has 2 heterocycles. The van der Waals surface area contributed by atoms with Crippen LogP contribution in [0.3, 0.4) is 0 Å². The number of aromatic nitrogens is 2. The van der Waals surface area contributed by atoms with Crippen molar-refractivity contribution in [3.05, 3.63) is 129 Å². The van der Waals surface area contributed by atoms with E-state index < -0.39 is 56.1 Å². The summed E-state index contributed by atoms with van der Waals surface area (Å²) >= 11 is 0. The van der Waals surface area contributed by atoms with E-state index in [0.29, 0.717) is 79.1 Å². The van der Waals surface area contributed by atoms with Crippen LogP contribution >= 0.6 is 0 Å². The molecule has 0 radical (unpaired) electrons. The summed E-state index contributed by atoms with van der Waals surface area (Å²) < 4.78 is 81.1. The smallest absolute Gasteiger partial charge is 0.385 e. The van der Waals surface area contributed by atoms with Crippen LogP contribution in [0.15, 0.2) is 94.6 Å². The number of aliphatic hydroxyl groups is 1. The number of nitriles is 1. The molecule has 0 aliphatic carbocycles.